The highest BCUT2D eigenvalue weighted by atomic mass is 32.2. The number of aldehydes is 1. The number of aromatic nitrogens is 1. The van der Waals surface area contributed by atoms with E-state index < -0.39 is 6.04 Å². The van der Waals surface area contributed by atoms with Crippen LogP contribution in [0.15, 0.2) is 48.8 Å². The summed E-state index contributed by atoms with van der Waals surface area (Å²) in [4.78, 5) is 45.8. The van der Waals surface area contributed by atoms with E-state index in [9.17, 15) is 14.4 Å². The van der Waals surface area contributed by atoms with E-state index in [0.29, 0.717) is 12.3 Å². The number of likely N-dealkylation sites (N-methyl/N-ethyl adjacent to an activating group) is 1. The predicted octanol–water partition coefficient (Wildman–Crippen LogP) is 2.35. The van der Waals surface area contributed by atoms with Gasteiger partial charge >= 0.3 is 0 Å². The van der Waals surface area contributed by atoms with Crippen molar-refractivity contribution < 1.29 is 19.2 Å². The first-order valence-corrected chi connectivity index (χ1v) is 12.4. The number of nitrogens with zero attached hydrogens (tertiary/aromatic N) is 2. The number of aryl methyl sites for hydroxylation is 2. The number of thioether (sulfide) groups is 1. The Morgan fingerprint density at radius 2 is 1.72 bits per heavy atom. The molecule has 0 fully saturated rings. The Hall–Kier alpha value is -3.55. The van der Waals surface area contributed by atoms with Gasteiger partial charge < -0.3 is 21.2 Å². The molecule has 0 saturated heterocycles. The summed E-state index contributed by atoms with van der Waals surface area (Å²) in [5.74, 6) is 0.0492. The van der Waals surface area contributed by atoms with Crippen molar-refractivity contribution in [2.75, 3.05) is 24.6 Å². The van der Waals surface area contributed by atoms with Gasteiger partial charge in [0.25, 0.3) is 0 Å². The number of nitrogens with one attached hydrogen (secondary N) is 2. The minimum Gasteiger partial charge on any atom is -0.355 e. The molecule has 0 aliphatic rings. The highest BCUT2D eigenvalue weighted by Gasteiger charge is 2.10. The number of ketones is 1. The highest BCUT2D eigenvalue weighted by molar-refractivity contribution is 8.00. The van der Waals surface area contributed by atoms with Gasteiger partial charge in [0.05, 0.1) is 30.0 Å². The molecule has 0 spiro atoms. The van der Waals surface area contributed by atoms with Crippen LogP contribution in [0, 0.1) is 25.2 Å². The molecule has 36 heavy (non-hydrogen) atoms. The lowest BCUT2D eigenvalue weighted by atomic mass is 10.2. The molecule has 0 unspecified atom stereocenters. The van der Waals surface area contributed by atoms with Crippen LogP contribution < -0.4 is 16.4 Å². The molecule has 0 bridgehead atoms. The molecule has 9 nitrogen and oxygen atoms in total. The fourth-order valence-electron chi connectivity index (χ4n) is 2.03. The van der Waals surface area contributed by atoms with E-state index in [1.54, 1.807) is 25.4 Å². The van der Waals surface area contributed by atoms with Gasteiger partial charge in [-0.1, -0.05) is 12.1 Å². The maximum atomic E-state index is 11.3. The summed E-state index contributed by atoms with van der Waals surface area (Å²) in [5.41, 5.74) is 8.62. The number of benzene rings is 1. The van der Waals surface area contributed by atoms with Crippen LogP contribution in [0.3, 0.4) is 0 Å². The first-order chi connectivity index (χ1) is 17.1. The molecule has 0 radical (unpaired) electrons. The molecular weight excluding hydrogens is 478 g/mol. The summed E-state index contributed by atoms with van der Waals surface area (Å²) in [6.07, 6.45) is 4.32. The third-order valence-corrected chi connectivity index (χ3v) is 4.93. The molecule has 1 heterocycles. The zero-order chi connectivity index (χ0) is 27.8. The van der Waals surface area contributed by atoms with Crippen molar-refractivity contribution in [3.05, 3.63) is 65.5 Å². The molecule has 2 aromatic rings. The van der Waals surface area contributed by atoms with E-state index in [0.717, 1.165) is 17.4 Å². The Morgan fingerprint density at radius 1 is 1.11 bits per heavy atom. The van der Waals surface area contributed by atoms with Crippen LogP contribution in [-0.2, 0) is 19.2 Å². The predicted molar refractivity (Wildman–Crippen MR) is 144 cm³/mol. The Kier molecular flexibility index (Phi) is 22.3. The second-order valence-electron chi connectivity index (χ2n) is 7.20. The lowest BCUT2D eigenvalue weighted by Gasteiger charge is -2.07. The Bertz CT molecular complexity index is 949. The third kappa shape index (κ3) is 22.3. The number of carbonyl (C=O) groups is 4. The van der Waals surface area contributed by atoms with Gasteiger partial charge in [-0.3, -0.25) is 19.4 Å². The minimum atomic E-state index is -0.531. The van der Waals surface area contributed by atoms with Crippen LogP contribution in [0.25, 0.3) is 0 Å². The molecule has 0 aliphatic carbocycles. The normalized spacial score (nSPS) is 9.69. The van der Waals surface area contributed by atoms with Gasteiger partial charge in [-0.05, 0) is 70.0 Å². The number of amides is 2. The fourth-order valence-corrected chi connectivity index (χ4v) is 2.92. The lowest BCUT2D eigenvalue weighted by Crippen LogP contribution is -2.38. The number of pyridine rings is 1. The van der Waals surface area contributed by atoms with Gasteiger partial charge in [0.1, 0.15) is 12.1 Å². The average molecular weight is 516 g/mol. The van der Waals surface area contributed by atoms with Gasteiger partial charge in [0.2, 0.25) is 11.8 Å². The summed E-state index contributed by atoms with van der Waals surface area (Å²) < 4.78 is 0. The van der Waals surface area contributed by atoms with E-state index in [-0.39, 0.29) is 29.9 Å². The van der Waals surface area contributed by atoms with Crippen molar-refractivity contribution in [3.63, 3.8) is 0 Å². The largest absolute Gasteiger partial charge is 0.355 e. The molecule has 1 atom stereocenters. The summed E-state index contributed by atoms with van der Waals surface area (Å²) in [6, 6.07) is 13.0. The number of hydrogen-bond acceptors (Lipinski definition) is 8. The van der Waals surface area contributed by atoms with E-state index in [4.69, 9.17) is 15.8 Å². The van der Waals surface area contributed by atoms with Gasteiger partial charge in [-0.25, -0.2) is 0 Å². The molecule has 2 rings (SSSR count). The quantitative estimate of drug-likeness (QED) is 0.453. The maximum Gasteiger partial charge on any atom is 0.239 e. The van der Waals surface area contributed by atoms with E-state index in [1.165, 1.54) is 31.2 Å². The summed E-state index contributed by atoms with van der Waals surface area (Å²) in [7, 11) is 0. The monoisotopic (exact) mass is 515 g/mol. The number of Topliss-reactive ketones (excluding diaryl/α,β-unsaturated/α-hetero) is 1. The van der Waals surface area contributed by atoms with Gasteiger partial charge in [-0.2, -0.15) is 5.26 Å². The molecule has 196 valence electrons. The smallest absolute Gasteiger partial charge is 0.239 e. The Balaban J connectivity index is 0. The standard InChI is InChI=1S/C10H19N3O3S.C8H7N.C6H7N.C2H4O/c1-3-12-9(15)4-13-10(16)6-17-5-8(11)7(2)14;1-7-3-2-4-8(5-7)6-9;1-6-2-4-7-5-3-6;1-2-3/h8H,3-6,11H2,1-2H3,(H,12,15)(H,13,16);2-5H,1H3;2-5H,1H3;2H,1H3/t8-;;;/m0.../s1. The van der Waals surface area contributed by atoms with Crippen LogP contribution in [-0.4, -0.2) is 59.5 Å². The van der Waals surface area contributed by atoms with Crippen molar-refractivity contribution in [2.45, 2.75) is 40.7 Å². The first kappa shape index (κ1) is 34.6. The van der Waals surface area contributed by atoms with Crippen molar-refractivity contribution in [2.24, 2.45) is 5.73 Å². The average Bonchev–Trinajstić information content (AvgIpc) is 2.84. The summed E-state index contributed by atoms with van der Waals surface area (Å²) in [5, 5.41) is 13.4. The minimum absolute atomic E-state index is 0.0218. The molecule has 1 aromatic carbocycles. The van der Waals surface area contributed by atoms with E-state index in [1.807, 2.05) is 44.2 Å². The van der Waals surface area contributed by atoms with Gasteiger partial charge in [0.15, 0.2) is 0 Å². The molecule has 10 heteroatoms. The molecule has 0 aliphatic heterocycles. The molecular formula is C26H37N5O4S. The van der Waals surface area contributed by atoms with Crippen molar-refractivity contribution >= 4 is 35.6 Å². The number of hydrogen-bond donors (Lipinski definition) is 3. The molecule has 1 aromatic heterocycles. The number of rotatable bonds is 8. The maximum absolute atomic E-state index is 11.3. The summed E-state index contributed by atoms with van der Waals surface area (Å²) in [6.45, 7) is 9.20. The zero-order valence-electron chi connectivity index (χ0n) is 21.6. The van der Waals surface area contributed by atoms with Crippen molar-refractivity contribution in [1.82, 2.24) is 15.6 Å². The lowest BCUT2D eigenvalue weighted by molar-refractivity contribution is -0.124. The van der Waals surface area contributed by atoms with Crippen LogP contribution in [0.5, 0.6) is 0 Å². The molecule has 4 N–H and O–H groups in total. The Morgan fingerprint density at radius 3 is 2.14 bits per heavy atom. The first-order valence-electron chi connectivity index (χ1n) is 11.2. The Labute approximate surface area is 218 Å². The highest BCUT2D eigenvalue weighted by Crippen LogP contribution is 2.02. The van der Waals surface area contributed by atoms with Crippen LogP contribution in [0.4, 0.5) is 0 Å². The van der Waals surface area contributed by atoms with E-state index >= 15 is 0 Å². The topological polar surface area (TPSA) is 155 Å². The molecule has 2 amide bonds. The number of nitrogens with two attached hydrogens (primary N) is 1. The SMILES string of the molecule is CC=O.CCNC(=O)CNC(=O)CSC[C@H](N)C(C)=O.Cc1cccc(C#N)c1.Cc1ccncc1. The van der Waals surface area contributed by atoms with Crippen molar-refractivity contribution in [3.8, 4) is 6.07 Å². The second-order valence-corrected chi connectivity index (χ2v) is 8.23. The second kappa shape index (κ2) is 23.2. The van der Waals surface area contributed by atoms with Gasteiger partial charge in [-0.15, -0.1) is 11.8 Å². The zero-order valence-corrected chi connectivity index (χ0v) is 22.4. The number of nitriles is 1. The summed E-state index contributed by atoms with van der Waals surface area (Å²) >= 11 is 1.27. The third-order valence-electron chi connectivity index (χ3n) is 3.87. The number of carbonyl (C=O) groups excluding carboxylic acids is 4. The van der Waals surface area contributed by atoms with E-state index in [2.05, 4.69) is 21.7 Å². The molecule has 0 saturated carbocycles. The van der Waals surface area contributed by atoms with Crippen LogP contribution in [0.2, 0.25) is 0 Å². The fraction of sp³-hybridized carbons (Fsp3) is 0.385. The van der Waals surface area contributed by atoms with Gasteiger partial charge in [0, 0.05) is 24.7 Å². The van der Waals surface area contributed by atoms with Crippen molar-refractivity contribution in [1.29, 1.82) is 5.26 Å². The van der Waals surface area contributed by atoms with Crippen LogP contribution >= 0.6 is 11.8 Å². The van der Waals surface area contributed by atoms with Crippen LogP contribution in [0.1, 0.15) is 37.5 Å².